The summed E-state index contributed by atoms with van der Waals surface area (Å²) in [6.45, 7) is 5.45. The molecule has 30 heavy (non-hydrogen) atoms. The molecule has 3 rings (SSSR count). The van der Waals surface area contributed by atoms with Gasteiger partial charge in [0.2, 0.25) is 5.91 Å². The predicted octanol–water partition coefficient (Wildman–Crippen LogP) is 6.29. The van der Waals surface area contributed by atoms with E-state index in [9.17, 15) is 9.59 Å². The molecule has 154 valence electrons. The summed E-state index contributed by atoms with van der Waals surface area (Å²) in [4.78, 5) is 29.2. The standard InChI is InChI=1S/C23H21Cl2N3O2/c1-23(2,3)22(30)28-15-7-9-16(19(25)13-15)21(29)27-14-8-10-18(24)17(12-14)20-6-4-5-11-26-20/h4-13H,1-3H3,(H,27,29)(H,28,30). The Kier molecular flexibility index (Phi) is 6.44. The zero-order valence-electron chi connectivity index (χ0n) is 16.8. The smallest absolute Gasteiger partial charge is 0.257 e. The van der Waals surface area contributed by atoms with Crippen molar-refractivity contribution in [2.45, 2.75) is 20.8 Å². The van der Waals surface area contributed by atoms with Gasteiger partial charge in [0.1, 0.15) is 0 Å². The third-order valence-electron chi connectivity index (χ3n) is 4.32. The number of carbonyl (C=O) groups excluding carboxylic acids is 2. The summed E-state index contributed by atoms with van der Waals surface area (Å²) in [5, 5.41) is 6.38. The van der Waals surface area contributed by atoms with Gasteiger partial charge < -0.3 is 10.6 Å². The van der Waals surface area contributed by atoms with E-state index in [4.69, 9.17) is 23.2 Å². The lowest BCUT2D eigenvalue weighted by atomic mass is 9.95. The van der Waals surface area contributed by atoms with Gasteiger partial charge in [-0.2, -0.15) is 0 Å². The van der Waals surface area contributed by atoms with Crippen molar-refractivity contribution >= 4 is 46.4 Å². The minimum atomic E-state index is -0.539. The van der Waals surface area contributed by atoms with Crippen LogP contribution in [0.25, 0.3) is 11.3 Å². The van der Waals surface area contributed by atoms with Gasteiger partial charge in [-0.1, -0.05) is 50.0 Å². The van der Waals surface area contributed by atoms with Crippen molar-refractivity contribution in [1.29, 1.82) is 0 Å². The zero-order chi connectivity index (χ0) is 21.9. The highest BCUT2D eigenvalue weighted by atomic mass is 35.5. The summed E-state index contributed by atoms with van der Waals surface area (Å²) in [7, 11) is 0. The maximum absolute atomic E-state index is 12.7. The molecule has 1 heterocycles. The van der Waals surface area contributed by atoms with Crippen LogP contribution in [0.2, 0.25) is 10.0 Å². The normalized spacial score (nSPS) is 11.1. The average molecular weight is 442 g/mol. The largest absolute Gasteiger partial charge is 0.326 e. The number of carbonyl (C=O) groups is 2. The highest BCUT2D eigenvalue weighted by Gasteiger charge is 2.21. The quantitative estimate of drug-likeness (QED) is 0.499. The fraction of sp³-hybridized carbons (Fsp3) is 0.174. The van der Waals surface area contributed by atoms with Crippen molar-refractivity contribution < 1.29 is 9.59 Å². The van der Waals surface area contributed by atoms with Crippen molar-refractivity contribution in [1.82, 2.24) is 4.98 Å². The fourth-order valence-corrected chi connectivity index (χ4v) is 3.10. The molecule has 0 bridgehead atoms. The van der Waals surface area contributed by atoms with E-state index in [1.165, 1.54) is 0 Å². The molecule has 0 aliphatic carbocycles. The lowest BCUT2D eigenvalue weighted by molar-refractivity contribution is -0.123. The molecule has 3 aromatic rings. The van der Waals surface area contributed by atoms with Gasteiger partial charge in [-0.15, -0.1) is 0 Å². The fourth-order valence-electron chi connectivity index (χ4n) is 2.62. The Bertz CT molecular complexity index is 1090. The van der Waals surface area contributed by atoms with Crippen LogP contribution in [0, 0.1) is 5.41 Å². The second kappa shape index (κ2) is 8.86. The Morgan fingerprint density at radius 1 is 0.867 bits per heavy atom. The Morgan fingerprint density at radius 2 is 1.57 bits per heavy atom. The van der Waals surface area contributed by atoms with Gasteiger partial charge in [-0.05, 0) is 48.5 Å². The van der Waals surface area contributed by atoms with Crippen molar-refractivity contribution in [2.75, 3.05) is 10.6 Å². The molecule has 2 aromatic carbocycles. The van der Waals surface area contributed by atoms with Gasteiger partial charge in [-0.25, -0.2) is 0 Å². The maximum atomic E-state index is 12.7. The van der Waals surface area contributed by atoms with Crippen LogP contribution in [0.1, 0.15) is 31.1 Å². The third-order valence-corrected chi connectivity index (χ3v) is 4.96. The lowest BCUT2D eigenvalue weighted by Gasteiger charge is -2.18. The first-order valence-electron chi connectivity index (χ1n) is 9.28. The van der Waals surface area contributed by atoms with Gasteiger partial charge in [0.15, 0.2) is 0 Å². The van der Waals surface area contributed by atoms with E-state index in [-0.39, 0.29) is 16.8 Å². The molecule has 0 saturated carbocycles. The second-order valence-electron chi connectivity index (χ2n) is 7.76. The predicted molar refractivity (Wildman–Crippen MR) is 122 cm³/mol. The van der Waals surface area contributed by atoms with E-state index in [2.05, 4.69) is 15.6 Å². The van der Waals surface area contributed by atoms with Crippen molar-refractivity contribution in [3.63, 3.8) is 0 Å². The maximum Gasteiger partial charge on any atom is 0.257 e. The van der Waals surface area contributed by atoms with Crippen LogP contribution in [0.3, 0.4) is 0 Å². The topological polar surface area (TPSA) is 71.1 Å². The molecular weight excluding hydrogens is 421 g/mol. The molecule has 0 radical (unpaired) electrons. The molecule has 5 nitrogen and oxygen atoms in total. The van der Waals surface area contributed by atoms with Crippen LogP contribution in [-0.2, 0) is 4.79 Å². The van der Waals surface area contributed by atoms with Gasteiger partial charge in [-0.3, -0.25) is 14.6 Å². The summed E-state index contributed by atoms with van der Waals surface area (Å²) < 4.78 is 0. The molecule has 0 unspecified atom stereocenters. The molecule has 0 fully saturated rings. The monoisotopic (exact) mass is 441 g/mol. The summed E-state index contributed by atoms with van der Waals surface area (Å²) in [5.74, 6) is -0.512. The number of nitrogens with one attached hydrogen (secondary N) is 2. The molecule has 0 aliphatic rings. The number of hydrogen-bond donors (Lipinski definition) is 2. The zero-order valence-corrected chi connectivity index (χ0v) is 18.3. The molecule has 0 atom stereocenters. The average Bonchev–Trinajstić information content (AvgIpc) is 2.69. The van der Waals surface area contributed by atoms with Crippen molar-refractivity contribution in [3.8, 4) is 11.3 Å². The highest BCUT2D eigenvalue weighted by Crippen LogP contribution is 2.30. The summed E-state index contributed by atoms with van der Waals surface area (Å²) in [6.07, 6.45) is 1.68. The van der Waals surface area contributed by atoms with E-state index in [0.717, 1.165) is 0 Å². The number of hydrogen-bond acceptors (Lipinski definition) is 3. The number of rotatable bonds is 4. The van der Waals surface area contributed by atoms with Crippen LogP contribution >= 0.6 is 23.2 Å². The lowest BCUT2D eigenvalue weighted by Crippen LogP contribution is -2.27. The summed E-state index contributed by atoms with van der Waals surface area (Å²) in [6, 6.07) is 15.5. The molecule has 0 aliphatic heterocycles. The first-order valence-corrected chi connectivity index (χ1v) is 10.0. The number of nitrogens with zero attached hydrogens (tertiary/aromatic N) is 1. The van der Waals surface area contributed by atoms with Crippen LogP contribution < -0.4 is 10.6 Å². The van der Waals surface area contributed by atoms with E-state index < -0.39 is 5.41 Å². The number of pyridine rings is 1. The van der Waals surface area contributed by atoms with Gasteiger partial charge in [0.25, 0.3) is 5.91 Å². The molecular formula is C23H21Cl2N3O2. The first kappa shape index (κ1) is 21.8. The Labute approximate surface area is 185 Å². The molecule has 1 aromatic heterocycles. The molecule has 7 heteroatoms. The van der Waals surface area contributed by atoms with Crippen LogP contribution in [0.15, 0.2) is 60.8 Å². The minimum Gasteiger partial charge on any atom is -0.326 e. The van der Waals surface area contributed by atoms with Crippen molar-refractivity contribution in [2.24, 2.45) is 5.41 Å². The first-order chi connectivity index (χ1) is 14.1. The van der Waals surface area contributed by atoms with Crippen molar-refractivity contribution in [3.05, 3.63) is 76.4 Å². The molecule has 0 spiro atoms. The van der Waals surface area contributed by atoms with Gasteiger partial charge in [0.05, 0.1) is 21.3 Å². The summed E-state index contributed by atoms with van der Waals surface area (Å²) in [5.41, 5.74) is 2.26. The number of anilines is 2. The van der Waals surface area contributed by atoms with Crippen LogP contribution in [0.4, 0.5) is 11.4 Å². The van der Waals surface area contributed by atoms with E-state index >= 15 is 0 Å². The third kappa shape index (κ3) is 5.17. The van der Waals surface area contributed by atoms with Gasteiger partial charge >= 0.3 is 0 Å². The number of benzene rings is 2. The Morgan fingerprint density at radius 3 is 2.20 bits per heavy atom. The minimum absolute atomic E-state index is 0.140. The van der Waals surface area contributed by atoms with Crippen LogP contribution in [0.5, 0.6) is 0 Å². The molecule has 2 amide bonds. The molecule has 2 N–H and O–H groups in total. The molecule has 0 saturated heterocycles. The van der Waals surface area contributed by atoms with E-state index in [0.29, 0.717) is 33.2 Å². The Hall–Kier alpha value is -2.89. The number of amides is 2. The van der Waals surface area contributed by atoms with Crippen LogP contribution in [-0.4, -0.2) is 16.8 Å². The summed E-state index contributed by atoms with van der Waals surface area (Å²) >= 11 is 12.6. The number of aromatic nitrogens is 1. The van der Waals surface area contributed by atoms with Gasteiger partial charge in [0, 0.05) is 28.6 Å². The second-order valence-corrected chi connectivity index (χ2v) is 8.58. The SMILES string of the molecule is CC(C)(C)C(=O)Nc1ccc(C(=O)Nc2ccc(Cl)c(-c3ccccn3)c2)c(Cl)c1. The Balaban J connectivity index is 1.79. The number of halogens is 2. The van der Waals surface area contributed by atoms with E-state index in [1.54, 1.807) is 42.6 Å². The van der Waals surface area contributed by atoms with E-state index in [1.807, 2.05) is 39.0 Å². The highest BCUT2D eigenvalue weighted by molar-refractivity contribution is 6.35.